The first-order valence-electron chi connectivity index (χ1n) is 5.19. The van der Waals surface area contributed by atoms with Crippen LogP contribution in [-0.2, 0) is 19.1 Å². The largest absolute Gasteiger partial charge is 0.465 e. The first-order chi connectivity index (χ1) is 8.02. The van der Waals surface area contributed by atoms with Crippen molar-refractivity contribution in [3.8, 4) is 0 Å². The minimum Gasteiger partial charge on any atom is -0.465 e. The molecule has 0 aliphatic heterocycles. The van der Waals surface area contributed by atoms with E-state index in [2.05, 4.69) is 9.47 Å². The molecule has 0 heterocycles. The number of rotatable bonds is 8. The van der Waals surface area contributed by atoms with Crippen LogP contribution in [0.25, 0.3) is 0 Å². The molecule has 0 saturated carbocycles. The van der Waals surface area contributed by atoms with Crippen LogP contribution >= 0.6 is 0 Å². The van der Waals surface area contributed by atoms with Gasteiger partial charge in [-0.05, 0) is 19.3 Å². The fourth-order valence-corrected chi connectivity index (χ4v) is 1.06. The molecule has 0 aromatic rings. The summed E-state index contributed by atoms with van der Waals surface area (Å²) < 4.78 is 8.88. The van der Waals surface area contributed by atoms with E-state index in [0.717, 1.165) is 7.11 Å². The average Bonchev–Trinajstić information content (AvgIpc) is 2.32. The summed E-state index contributed by atoms with van der Waals surface area (Å²) >= 11 is 0. The predicted octanol–water partition coefficient (Wildman–Crippen LogP) is -1.54. The number of hydroxylamine groups is 1. The second-order valence-electron chi connectivity index (χ2n) is 3.39. The van der Waals surface area contributed by atoms with E-state index >= 15 is 0 Å². The normalized spacial score (nSPS) is 13.9. The van der Waals surface area contributed by atoms with E-state index in [-0.39, 0.29) is 0 Å². The van der Waals surface area contributed by atoms with Gasteiger partial charge >= 0.3 is 11.9 Å². The number of ether oxygens (including phenoxy) is 2. The van der Waals surface area contributed by atoms with Gasteiger partial charge in [0, 0.05) is 6.54 Å². The minimum atomic E-state index is -1.45. The van der Waals surface area contributed by atoms with Gasteiger partial charge in [-0.1, -0.05) is 0 Å². The Labute approximate surface area is 99.2 Å². The Morgan fingerprint density at radius 1 is 1.29 bits per heavy atom. The molecule has 100 valence electrons. The summed E-state index contributed by atoms with van der Waals surface area (Å²) in [7, 11) is 1.14. The number of unbranched alkanes of at least 4 members (excludes halogenated alkanes) is 1. The highest BCUT2D eigenvalue weighted by molar-refractivity contribution is 5.81. The number of hydrogen-bond acceptors (Lipinski definition) is 8. The van der Waals surface area contributed by atoms with Gasteiger partial charge < -0.3 is 20.4 Å². The van der Waals surface area contributed by atoms with Gasteiger partial charge in [0.25, 0.3) is 0 Å². The maximum Gasteiger partial charge on any atom is 0.362 e. The number of hydrogen-bond donors (Lipinski definition) is 4. The van der Waals surface area contributed by atoms with E-state index in [1.807, 2.05) is 5.48 Å². The third kappa shape index (κ3) is 6.84. The molecule has 0 rings (SSSR count). The third-order valence-corrected chi connectivity index (χ3v) is 2.03. The Balaban J connectivity index is 3.85. The first-order valence-corrected chi connectivity index (χ1v) is 5.19. The van der Waals surface area contributed by atoms with Crippen molar-refractivity contribution < 1.29 is 24.3 Å². The fourth-order valence-electron chi connectivity index (χ4n) is 1.06. The van der Waals surface area contributed by atoms with Crippen molar-refractivity contribution in [2.45, 2.75) is 31.5 Å². The second-order valence-corrected chi connectivity index (χ2v) is 3.39. The maximum absolute atomic E-state index is 11.3. The van der Waals surface area contributed by atoms with Crippen LogP contribution in [0.2, 0.25) is 0 Å². The highest BCUT2D eigenvalue weighted by Crippen LogP contribution is 2.01. The van der Waals surface area contributed by atoms with E-state index in [4.69, 9.17) is 16.7 Å². The molecule has 0 aliphatic carbocycles. The van der Waals surface area contributed by atoms with Crippen LogP contribution in [-0.4, -0.2) is 43.1 Å². The topological polar surface area (TPSA) is 137 Å². The lowest BCUT2D eigenvalue weighted by Gasteiger charge is -2.14. The predicted molar refractivity (Wildman–Crippen MR) is 57.7 cm³/mol. The van der Waals surface area contributed by atoms with E-state index < -0.39 is 24.2 Å². The zero-order chi connectivity index (χ0) is 13.3. The van der Waals surface area contributed by atoms with Crippen molar-refractivity contribution in [1.82, 2.24) is 5.48 Å². The summed E-state index contributed by atoms with van der Waals surface area (Å²) in [5.74, 6) is -1.59. The van der Waals surface area contributed by atoms with Gasteiger partial charge in [-0.25, -0.2) is 10.3 Å². The molecule has 0 radical (unpaired) electrons. The van der Waals surface area contributed by atoms with E-state index in [0.29, 0.717) is 25.8 Å². The average molecular weight is 249 g/mol. The van der Waals surface area contributed by atoms with Crippen molar-refractivity contribution in [1.29, 1.82) is 0 Å². The molecule has 2 atom stereocenters. The molecule has 0 spiro atoms. The van der Waals surface area contributed by atoms with Crippen LogP contribution in [0.1, 0.15) is 19.3 Å². The van der Waals surface area contributed by atoms with Gasteiger partial charge in [-0.2, -0.15) is 0 Å². The summed E-state index contributed by atoms with van der Waals surface area (Å²) in [6.45, 7) is 0.420. The number of esters is 2. The standard InChI is InChI=1S/C9H19N3O5/c1-16-9(14)7(11)17-8(13)6(10)4-2-3-5-12-15/h6-7,12,15H,2-5,10-11H2,1H3/t6-,7?/m0/s1. The molecule has 1 unspecified atom stereocenters. The zero-order valence-corrected chi connectivity index (χ0v) is 9.72. The van der Waals surface area contributed by atoms with Crippen LogP contribution in [0.4, 0.5) is 0 Å². The zero-order valence-electron chi connectivity index (χ0n) is 9.72. The monoisotopic (exact) mass is 249 g/mol. The molecule has 0 fully saturated rings. The van der Waals surface area contributed by atoms with Gasteiger partial charge in [0.1, 0.15) is 6.04 Å². The van der Waals surface area contributed by atoms with Crippen molar-refractivity contribution in [2.75, 3.05) is 13.7 Å². The van der Waals surface area contributed by atoms with E-state index in [9.17, 15) is 9.59 Å². The molecular formula is C9H19N3O5. The number of methoxy groups -OCH3 is 1. The Hall–Kier alpha value is -1.22. The van der Waals surface area contributed by atoms with E-state index in [1.165, 1.54) is 0 Å². The summed E-state index contributed by atoms with van der Waals surface area (Å²) in [5, 5.41) is 8.31. The molecular weight excluding hydrogens is 230 g/mol. The lowest BCUT2D eigenvalue weighted by Crippen LogP contribution is -2.42. The summed E-state index contributed by atoms with van der Waals surface area (Å²) in [6.07, 6.45) is 0.240. The van der Waals surface area contributed by atoms with E-state index in [1.54, 1.807) is 0 Å². The third-order valence-electron chi connectivity index (χ3n) is 2.03. The maximum atomic E-state index is 11.3. The molecule has 17 heavy (non-hydrogen) atoms. The summed E-state index contributed by atoms with van der Waals surface area (Å²) in [4.78, 5) is 22.2. The Morgan fingerprint density at radius 3 is 2.47 bits per heavy atom. The second kappa shape index (κ2) is 8.88. The highest BCUT2D eigenvalue weighted by Gasteiger charge is 2.22. The summed E-state index contributed by atoms with van der Waals surface area (Å²) in [6, 6.07) is -0.843. The van der Waals surface area contributed by atoms with Gasteiger partial charge in [0.2, 0.25) is 6.23 Å². The quantitative estimate of drug-likeness (QED) is 0.176. The molecule has 8 nitrogen and oxygen atoms in total. The number of carbonyl (C=O) groups excluding carboxylic acids is 2. The Bertz CT molecular complexity index is 249. The Morgan fingerprint density at radius 2 is 1.94 bits per heavy atom. The first kappa shape index (κ1) is 15.8. The van der Waals surface area contributed by atoms with Crippen molar-refractivity contribution in [2.24, 2.45) is 11.5 Å². The molecule has 0 aromatic carbocycles. The molecule has 0 bridgehead atoms. The van der Waals surface area contributed by atoms with Crippen LogP contribution in [0.15, 0.2) is 0 Å². The van der Waals surface area contributed by atoms with Gasteiger partial charge in [0.05, 0.1) is 7.11 Å². The molecule has 0 amide bonds. The molecule has 0 aliphatic rings. The smallest absolute Gasteiger partial charge is 0.362 e. The van der Waals surface area contributed by atoms with Crippen LogP contribution in [0.5, 0.6) is 0 Å². The Kier molecular flexibility index (Phi) is 8.24. The molecule has 6 N–H and O–H groups in total. The van der Waals surface area contributed by atoms with Gasteiger partial charge in [-0.3, -0.25) is 10.5 Å². The van der Waals surface area contributed by atoms with Crippen molar-refractivity contribution >= 4 is 11.9 Å². The highest BCUT2D eigenvalue weighted by atomic mass is 16.6. The minimum absolute atomic E-state index is 0.383. The summed E-state index contributed by atoms with van der Waals surface area (Å²) in [5.41, 5.74) is 12.7. The van der Waals surface area contributed by atoms with Crippen LogP contribution in [0, 0.1) is 0 Å². The number of nitrogens with one attached hydrogen (secondary N) is 1. The fraction of sp³-hybridized carbons (Fsp3) is 0.778. The van der Waals surface area contributed by atoms with Gasteiger partial charge in [0.15, 0.2) is 0 Å². The lowest BCUT2D eigenvalue weighted by molar-refractivity contribution is -0.166. The SMILES string of the molecule is COC(=O)C(N)OC(=O)[C@@H](N)CCCCNO. The van der Waals surface area contributed by atoms with Crippen molar-refractivity contribution in [3.05, 3.63) is 0 Å². The molecule has 0 aromatic heterocycles. The molecule has 8 heteroatoms. The lowest BCUT2D eigenvalue weighted by atomic mass is 10.1. The van der Waals surface area contributed by atoms with Crippen molar-refractivity contribution in [3.63, 3.8) is 0 Å². The van der Waals surface area contributed by atoms with Gasteiger partial charge in [-0.15, -0.1) is 0 Å². The van der Waals surface area contributed by atoms with Crippen LogP contribution in [0.3, 0.4) is 0 Å². The molecule has 0 saturated heterocycles. The number of nitrogens with two attached hydrogens (primary N) is 2. The number of carbonyl (C=O) groups is 2. The van der Waals surface area contributed by atoms with Crippen LogP contribution < -0.4 is 16.9 Å².